The van der Waals surface area contributed by atoms with Gasteiger partial charge in [-0.05, 0) is 37.8 Å². The van der Waals surface area contributed by atoms with Crippen LogP contribution >= 0.6 is 0 Å². The SMILES string of the molecule is CCCCCCCCCCCCCCCCCC[N+](C)(CCCCCCCCCCCCCCCCCC)c1cc(O)ccc1OB(Oc1c(F)c(F)c(F)c(F)c1F)Oc1c(F)c(F)c(F)c(F)c1F. The molecular formula is C55H81BF10NO4+. The summed E-state index contributed by atoms with van der Waals surface area (Å²) in [6, 6.07) is 3.60. The Hall–Kier alpha value is -3.82. The Morgan fingerprint density at radius 3 is 0.901 bits per heavy atom. The Bertz CT molecular complexity index is 1810. The molecule has 5 nitrogen and oxygen atoms in total. The molecule has 16 heteroatoms. The third-order valence-electron chi connectivity index (χ3n) is 13.5. The van der Waals surface area contributed by atoms with E-state index in [0.717, 1.165) is 76.3 Å². The standard InChI is InChI=1S/C55H80BF10NO4/c1-4-6-8-10-12-14-16-18-20-22-24-26-28-30-32-34-38-67(3,39-35-33-31-29-27-25-23-21-19-17-15-13-11-9-7-5-2)42-40-41(68)36-37-43(42)69-56(70-54-50(63)46(59)44(57)47(60)51(54)64)71-55-52(65)48(61)45(58)49(62)53(55)66/h36-37,40H,4-35,38-39H2,1-3H3/p+1. The fourth-order valence-corrected chi connectivity index (χ4v) is 9.14. The topological polar surface area (TPSA) is 47.9 Å². The number of halogens is 10. The molecular weight excluding hydrogens is 939 g/mol. The van der Waals surface area contributed by atoms with Crippen LogP contribution in [0.1, 0.15) is 219 Å². The number of rotatable bonds is 41. The van der Waals surface area contributed by atoms with E-state index in [1.807, 2.05) is 7.05 Å². The zero-order valence-electron chi connectivity index (χ0n) is 42.7. The van der Waals surface area contributed by atoms with Gasteiger partial charge in [-0.1, -0.05) is 194 Å². The molecule has 3 aromatic carbocycles. The van der Waals surface area contributed by atoms with Gasteiger partial charge in [0.2, 0.25) is 58.2 Å². The van der Waals surface area contributed by atoms with Crippen LogP contribution in [0.5, 0.6) is 23.0 Å². The zero-order chi connectivity index (χ0) is 52.0. The summed E-state index contributed by atoms with van der Waals surface area (Å²) in [5, 5.41) is 10.8. The number of benzene rings is 3. The molecule has 0 fully saturated rings. The summed E-state index contributed by atoms with van der Waals surface area (Å²) in [7, 11) is -1.08. The maximum Gasteiger partial charge on any atom is 0.864 e. The third-order valence-corrected chi connectivity index (χ3v) is 13.5. The van der Waals surface area contributed by atoms with Gasteiger partial charge >= 0.3 is 7.32 Å². The smallest absolute Gasteiger partial charge is 0.508 e. The highest BCUT2D eigenvalue weighted by molar-refractivity contribution is 6.39. The van der Waals surface area contributed by atoms with Gasteiger partial charge in [0, 0.05) is 6.07 Å². The minimum Gasteiger partial charge on any atom is -0.508 e. The molecule has 71 heavy (non-hydrogen) atoms. The zero-order valence-corrected chi connectivity index (χ0v) is 42.7. The monoisotopic (exact) mass is 1020 g/mol. The van der Waals surface area contributed by atoms with Crippen molar-refractivity contribution in [2.45, 2.75) is 219 Å². The lowest BCUT2D eigenvalue weighted by molar-refractivity contribution is 0.254. The highest BCUT2D eigenvalue weighted by Gasteiger charge is 2.42. The molecule has 1 N–H and O–H groups in total. The van der Waals surface area contributed by atoms with Crippen molar-refractivity contribution in [3.8, 4) is 23.0 Å². The number of quaternary nitrogens is 1. The van der Waals surface area contributed by atoms with Crippen molar-refractivity contribution < 1.29 is 63.0 Å². The Morgan fingerprint density at radius 2 is 0.620 bits per heavy atom. The molecule has 0 amide bonds. The Labute approximate surface area is 418 Å². The predicted molar refractivity (Wildman–Crippen MR) is 265 cm³/mol. The second-order valence-electron chi connectivity index (χ2n) is 19.5. The molecule has 0 saturated heterocycles. The minimum absolute atomic E-state index is 0.0682. The first-order chi connectivity index (χ1) is 34.2. The van der Waals surface area contributed by atoms with Gasteiger partial charge < -0.3 is 19.1 Å². The molecule has 0 unspecified atom stereocenters. The van der Waals surface area contributed by atoms with Gasteiger partial charge in [-0.25, -0.2) is 26.3 Å². The quantitative estimate of drug-likeness (QED) is 0.0154. The average molecular weight is 1020 g/mol. The van der Waals surface area contributed by atoms with E-state index >= 15 is 0 Å². The van der Waals surface area contributed by atoms with E-state index in [9.17, 15) is 49.0 Å². The normalized spacial score (nSPS) is 11.7. The minimum atomic E-state index is -2.93. The second kappa shape index (κ2) is 34.6. The Kier molecular flexibility index (Phi) is 29.9. The van der Waals surface area contributed by atoms with Crippen molar-refractivity contribution >= 4 is 13.0 Å². The van der Waals surface area contributed by atoms with E-state index in [0.29, 0.717) is 25.9 Å². The van der Waals surface area contributed by atoms with E-state index in [2.05, 4.69) is 13.8 Å². The molecule has 0 saturated carbocycles. The van der Waals surface area contributed by atoms with Gasteiger partial charge in [-0.3, -0.25) is 4.48 Å². The van der Waals surface area contributed by atoms with Gasteiger partial charge in [0.1, 0.15) is 5.75 Å². The van der Waals surface area contributed by atoms with Crippen LogP contribution in [0, 0.1) is 58.2 Å². The third kappa shape index (κ3) is 21.3. The summed E-state index contributed by atoms with van der Waals surface area (Å²) in [6.45, 7) is 5.39. The largest absolute Gasteiger partial charge is 0.864 e. The molecule has 0 aliphatic rings. The summed E-state index contributed by atoms with van der Waals surface area (Å²) in [5.41, 5.74) is 0.207. The molecule has 0 bridgehead atoms. The number of phenolic OH excluding ortho intramolecular Hbond substituents is 1. The number of hydrogen-bond donors (Lipinski definition) is 1. The predicted octanol–water partition coefficient (Wildman–Crippen LogP) is 18.8. The molecule has 0 aliphatic heterocycles. The van der Waals surface area contributed by atoms with Crippen LogP contribution in [-0.4, -0.2) is 32.6 Å². The lowest BCUT2D eigenvalue weighted by atomic mass is 10.0. The highest BCUT2D eigenvalue weighted by Crippen LogP contribution is 2.39. The first kappa shape index (κ1) is 61.5. The number of aromatic hydroxyl groups is 1. The van der Waals surface area contributed by atoms with Crippen molar-refractivity contribution in [1.82, 2.24) is 4.48 Å². The van der Waals surface area contributed by atoms with Gasteiger partial charge in [-0.15, -0.1) is 0 Å². The van der Waals surface area contributed by atoms with Crippen LogP contribution in [-0.2, 0) is 0 Å². The lowest BCUT2D eigenvalue weighted by Gasteiger charge is -2.36. The molecule has 0 heterocycles. The van der Waals surface area contributed by atoms with Crippen molar-refractivity contribution in [3.05, 3.63) is 76.4 Å². The van der Waals surface area contributed by atoms with E-state index in [4.69, 9.17) is 14.0 Å². The van der Waals surface area contributed by atoms with Crippen molar-refractivity contribution in [1.29, 1.82) is 0 Å². The van der Waals surface area contributed by atoms with Gasteiger partial charge in [0.15, 0.2) is 22.9 Å². The van der Waals surface area contributed by atoms with Crippen LogP contribution in [0.2, 0.25) is 0 Å². The maximum absolute atomic E-state index is 15.0. The molecule has 0 aliphatic carbocycles. The summed E-state index contributed by atoms with van der Waals surface area (Å²) >= 11 is 0. The molecule has 0 radical (unpaired) electrons. The van der Waals surface area contributed by atoms with Gasteiger partial charge in [-0.2, -0.15) is 17.6 Å². The van der Waals surface area contributed by atoms with E-state index in [1.165, 1.54) is 134 Å². The Morgan fingerprint density at radius 1 is 0.366 bits per heavy atom. The van der Waals surface area contributed by atoms with Crippen LogP contribution < -0.4 is 18.4 Å². The number of hydrogen-bond acceptors (Lipinski definition) is 4. The van der Waals surface area contributed by atoms with E-state index < -0.39 is 77.0 Å². The first-order valence-corrected chi connectivity index (χ1v) is 26.9. The van der Waals surface area contributed by atoms with Crippen molar-refractivity contribution in [3.63, 3.8) is 0 Å². The lowest BCUT2D eigenvalue weighted by Crippen LogP contribution is -2.47. The molecule has 3 aromatic rings. The van der Waals surface area contributed by atoms with E-state index in [-0.39, 0.29) is 21.7 Å². The van der Waals surface area contributed by atoms with Gasteiger partial charge in [0.05, 0.1) is 20.1 Å². The van der Waals surface area contributed by atoms with Crippen LogP contribution in [0.15, 0.2) is 18.2 Å². The summed E-state index contributed by atoms with van der Waals surface area (Å²) in [4.78, 5) is 0. The molecule has 0 spiro atoms. The molecule has 402 valence electrons. The summed E-state index contributed by atoms with van der Waals surface area (Å²) in [5.74, 6) is -29.7. The number of unbranched alkanes of at least 4 members (excludes halogenated alkanes) is 30. The highest BCUT2D eigenvalue weighted by atomic mass is 19.2. The first-order valence-electron chi connectivity index (χ1n) is 26.9. The maximum atomic E-state index is 15.0. The number of nitrogens with zero attached hydrogens (tertiary/aromatic N) is 1. The fraction of sp³-hybridized carbons (Fsp3) is 0.673. The molecule has 3 rings (SSSR count). The average Bonchev–Trinajstić information content (AvgIpc) is 3.36. The number of phenols is 1. The summed E-state index contributed by atoms with van der Waals surface area (Å²) < 4.78 is 161. The van der Waals surface area contributed by atoms with Crippen LogP contribution in [0.4, 0.5) is 49.6 Å². The second-order valence-corrected chi connectivity index (χ2v) is 19.5. The Balaban J connectivity index is 1.75. The van der Waals surface area contributed by atoms with Gasteiger partial charge in [0.25, 0.3) is 0 Å². The molecule has 0 aromatic heterocycles. The van der Waals surface area contributed by atoms with Crippen LogP contribution in [0.25, 0.3) is 0 Å². The summed E-state index contributed by atoms with van der Waals surface area (Å²) in [6.07, 6.45) is 37.3. The van der Waals surface area contributed by atoms with Crippen molar-refractivity contribution in [2.24, 2.45) is 0 Å². The molecule has 0 atom stereocenters. The fourth-order valence-electron chi connectivity index (χ4n) is 9.14. The van der Waals surface area contributed by atoms with E-state index in [1.54, 1.807) is 0 Å². The van der Waals surface area contributed by atoms with Crippen molar-refractivity contribution in [2.75, 3.05) is 20.1 Å². The van der Waals surface area contributed by atoms with Crippen LogP contribution in [0.3, 0.4) is 0 Å².